The van der Waals surface area contributed by atoms with Crippen LogP contribution in [0.25, 0.3) is 0 Å². The van der Waals surface area contributed by atoms with Gasteiger partial charge in [-0.3, -0.25) is 4.79 Å². The van der Waals surface area contributed by atoms with Crippen molar-refractivity contribution in [2.24, 2.45) is 0 Å². The molecule has 0 saturated heterocycles. The summed E-state index contributed by atoms with van der Waals surface area (Å²) in [5.41, 5.74) is 2.15. The van der Waals surface area contributed by atoms with E-state index in [0.717, 1.165) is 11.1 Å². The Morgan fingerprint density at radius 1 is 1.04 bits per heavy atom. The van der Waals surface area contributed by atoms with Gasteiger partial charge in [0.1, 0.15) is 6.61 Å². The molecule has 0 atom stereocenters. The van der Waals surface area contributed by atoms with Crippen molar-refractivity contribution in [2.75, 3.05) is 27.4 Å². The van der Waals surface area contributed by atoms with Crippen molar-refractivity contribution in [2.45, 2.75) is 13.3 Å². The highest BCUT2D eigenvalue weighted by Gasteiger charge is 2.10. The maximum atomic E-state index is 11.9. The SMILES string of the molecule is COc1cccc(OCCNC(=O)Cc2cccc(C)c2)c1OC. The molecule has 2 aromatic rings. The number of hydrogen-bond acceptors (Lipinski definition) is 4. The standard InChI is InChI=1S/C19H23NO4/c1-14-6-4-7-15(12-14)13-18(21)20-10-11-24-17-9-5-8-16(22-2)19(17)23-3/h4-9,12H,10-11,13H2,1-3H3,(H,20,21). The van der Waals surface area contributed by atoms with Gasteiger partial charge in [-0.2, -0.15) is 0 Å². The fourth-order valence-corrected chi connectivity index (χ4v) is 2.39. The van der Waals surface area contributed by atoms with Crippen LogP contribution in [0.3, 0.4) is 0 Å². The maximum absolute atomic E-state index is 11.9. The molecule has 0 aromatic heterocycles. The second-order valence-electron chi connectivity index (χ2n) is 5.36. The number of amides is 1. The second kappa shape index (κ2) is 8.82. The summed E-state index contributed by atoms with van der Waals surface area (Å²) in [6, 6.07) is 13.4. The van der Waals surface area contributed by atoms with Gasteiger partial charge in [-0.05, 0) is 24.6 Å². The van der Waals surface area contributed by atoms with Gasteiger partial charge in [0.25, 0.3) is 0 Å². The van der Waals surface area contributed by atoms with Crippen LogP contribution in [0.15, 0.2) is 42.5 Å². The van der Waals surface area contributed by atoms with E-state index in [4.69, 9.17) is 14.2 Å². The van der Waals surface area contributed by atoms with Crippen molar-refractivity contribution in [3.8, 4) is 17.2 Å². The number of nitrogens with one attached hydrogen (secondary N) is 1. The lowest BCUT2D eigenvalue weighted by Gasteiger charge is -2.13. The molecule has 5 heteroatoms. The number of aryl methyl sites for hydroxylation is 1. The van der Waals surface area contributed by atoms with E-state index in [1.807, 2.05) is 37.3 Å². The zero-order chi connectivity index (χ0) is 17.4. The molecule has 0 bridgehead atoms. The van der Waals surface area contributed by atoms with Gasteiger partial charge in [0.2, 0.25) is 11.7 Å². The number of rotatable bonds is 8. The topological polar surface area (TPSA) is 56.8 Å². The molecule has 0 radical (unpaired) electrons. The smallest absolute Gasteiger partial charge is 0.224 e. The molecule has 1 amide bonds. The third-order valence-corrected chi connectivity index (χ3v) is 3.50. The molecule has 0 aliphatic rings. The zero-order valence-electron chi connectivity index (χ0n) is 14.3. The molecule has 5 nitrogen and oxygen atoms in total. The predicted molar refractivity (Wildman–Crippen MR) is 92.9 cm³/mol. The van der Waals surface area contributed by atoms with Gasteiger partial charge in [-0.25, -0.2) is 0 Å². The zero-order valence-corrected chi connectivity index (χ0v) is 14.3. The molecular weight excluding hydrogens is 306 g/mol. The summed E-state index contributed by atoms with van der Waals surface area (Å²) in [5.74, 6) is 1.72. The third-order valence-electron chi connectivity index (χ3n) is 3.50. The maximum Gasteiger partial charge on any atom is 0.224 e. The van der Waals surface area contributed by atoms with Crippen LogP contribution in [0.4, 0.5) is 0 Å². The summed E-state index contributed by atoms with van der Waals surface area (Å²) in [5, 5.41) is 2.85. The first-order valence-corrected chi connectivity index (χ1v) is 7.80. The normalized spacial score (nSPS) is 10.1. The Hall–Kier alpha value is -2.69. The summed E-state index contributed by atoms with van der Waals surface area (Å²) in [6.45, 7) is 2.78. The monoisotopic (exact) mass is 329 g/mol. The van der Waals surface area contributed by atoms with Crippen LogP contribution in [0.1, 0.15) is 11.1 Å². The summed E-state index contributed by atoms with van der Waals surface area (Å²) in [7, 11) is 3.14. The molecule has 0 saturated carbocycles. The minimum atomic E-state index is -0.0261. The molecule has 128 valence electrons. The number of carbonyl (C=O) groups is 1. The van der Waals surface area contributed by atoms with Gasteiger partial charge in [0.15, 0.2) is 11.5 Å². The number of hydrogen-bond donors (Lipinski definition) is 1. The van der Waals surface area contributed by atoms with E-state index in [1.54, 1.807) is 26.4 Å². The number of carbonyl (C=O) groups excluding carboxylic acids is 1. The van der Waals surface area contributed by atoms with Crippen LogP contribution < -0.4 is 19.5 Å². The number of benzene rings is 2. The summed E-state index contributed by atoms with van der Waals surface area (Å²) in [6.07, 6.45) is 0.365. The van der Waals surface area contributed by atoms with Gasteiger partial charge < -0.3 is 19.5 Å². The molecule has 0 spiro atoms. The molecule has 0 aliphatic carbocycles. The van der Waals surface area contributed by atoms with Crippen LogP contribution in [0.5, 0.6) is 17.2 Å². The van der Waals surface area contributed by atoms with Gasteiger partial charge in [-0.1, -0.05) is 35.9 Å². The highest BCUT2D eigenvalue weighted by molar-refractivity contribution is 5.78. The van der Waals surface area contributed by atoms with Crippen LogP contribution >= 0.6 is 0 Å². The number of ether oxygens (including phenoxy) is 3. The molecule has 0 unspecified atom stereocenters. The first-order chi connectivity index (χ1) is 11.6. The first-order valence-electron chi connectivity index (χ1n) is 7.80. The van der Waals surface area contributed by atoms with Crippen LogP contribution in [-0.2, 0) is 11.2 Å². The minimum Gasteiger partial charge on any atom is -0.493 e. The molecule has 0 aliphatic heterocycles. The third kappa shape index (κ3) is 4.91. The van der Waals surface area contributed by atoms with Gasteiger partial charge in [0.05, 0.1) is 27.2 Å². The summed E-state index contributed by atoms with van der Waals surface area (Å²) in [4.78, 5) is 11.9. The number of para-hydroxylation sites is 1. The lowest BCUT2D eigenvalue weighted by atomic mass is 10.1. The van der Waals surface area contributed by atoms with Crippen LogP contribution in [0.2, 0.25) is 0 Å². The van der Waals surface area contributed by atoms with Gasteiger partial charge >= 0.3 is 0 Å². The molecule has 2 rings (SSSR count). The van der Waals surface area contributed by atoms with Crippen molar-refractivity contribution in [3.63, 3.8) is 0 Å². The van der Waals surface area contributed by atoms with E-state index in [0.29, 0.717) is 36.8 Å². The summed E-state index contributed by atoms with van der Waals surface area (Å²) < 4.78 is 16.2. The average molecular weight is 329 g/mol. The van der Waals surface area contributed by atoms with Gasteiger partial charge in [-0.15, -0.1) is 0 Å². The molecule has 24 heavy (non-hydrogen) atoms. The van der Waals surface area contributed by atoms with E-state index in [9.17, 15) is 4.79 Å². The Morgan fingerprint density at radius 3 is 2.50 bits per heavy atom. The second-order valence-corrected chi connectivity index (χ2v) is 5.36. The van der Waals surface area contributed by atoms with Crippen molar-refractivity contribution in [1.29, 1.82) is 0 Å². The van der Waals surface area contributed by atoms with E-state index in [2.05, 4.69) is 5.32 Å². The Bertz CT molecular complexity index is 685. The molecule has 1 N–H and O–H groups in total. The highest BCUT2D eigenvalue weighted by Crippen LogP contribution is 2.36. The van der Waals surface area contributed by atoms with Crippen molar-refractivity contribution >= 4 is 5.91 Å². The van der Waals surface area contributed by atoms with Crippen molar-refractivity contribution in [3.05, 3.63) is 53.6 Å². The lowest BCUT2D eigenvalue weighted by molar-refractivity contribution is -0.120. The fourth-order valence-electron chi connectivity index (χ4n) is 2.39. The Balaban J connectivity index is 1.80. The Kier molecular flexibility index (Phi) is 6.49. The molecule has 0 fully saturated rings. The lowest BCUT2D eigenvalue weighted by Crippen LogP contribution is -2.29. The Morgan fingerprint density at radius 2 is 1.79 bits per heavy atom. The van der Waals surface area contributed by atoms with E-state index in [1.165, 1.54) is 0 Å². The molecule has 2 aromatic carbocycles. The Labute approximate surface area is 142 Å². The van der Waals surface area contributed by atoms with Gasteiger partial charge in [0, 0.05) is 0 Å². The summed E-state index contributed by atoms with van der Waals surface area (Å²) >= 11 is 0. The van der Waals surface area contributed by atoms with E-state index in [-0.39, 0.29) is 5.91 Å². The quantitative estimate of drug-likeness (QED) is 0.757. The van der Waals surface area contributed by atoms with Crippen LogP contribution in [0, 0.1) is 6.92 Å². The van der Waals surface area contributed by atoms with Crippen molar-refractivity contribution < 1.29 is 19.0 Å². The highest BCUT2D eigenvalue weighted by atomic mass is 16.5. The number of methoxy groups -OCH3 is 2. The fraction of sp³-hybridized carbons (Fsp3) is 0.316. The van der Waals surface area contributed by atoms with E-state index >= 15 is 0 Å². The van der Waals surface area contributed by atoms with E-state index < -0.39 is 0 Å². The average Bonchev–Trinajstić information content (AvgIpc) is 2.58. The minimum absolute atomic E-state index is 0.0261. The van der Waals surface area contributed by atoms with Crippen LogP contribution in [-0.4, -0.2) is 33.3 Å². The molecule has 0 heterocycles. The van der Waals surface area contributed by atoms with Crippen molar-refractivity contribution in [1.82, 2.24) is 5.32 Å². The molecular formula is C19H23NO4. The first kappa shape index (κ1) is 17.7. The largest absolute Gasteiger partial charge is 0.493 e. The predicted octanol–water partition coefficient (Wildman–Crippen LogP) is 2.75.